The molecular weight excluding hydrogens is 408 g/mol. The van der Waals surface area contributed by atoms with Crippen LogP contribution in [0, 0.1) is 12.8 Å². The van der Waals surface area contributed by atoms with Gasteiger partial charge < -0.3 is 10.6 Å². The zero-order valence-corrected chi connectivity index (χ0v) is 19.9. The predicted molar refractivity (Wildman–Crippen MR) is 135 cm³/mol. The average molecular weight is 441 g/mol. The first kappa shape index (κ1) is 22.8. The number of anilines is 1. The largest absolute Gasteiger partial charge is 0.352 e. The van der Waals surface area contributed by atoms with E-state index in [9.17, 15) is 9.59 Å². The van der Waals surface area contributed by atoms with Crippen molar-refractivity contribution >= 4 is 17.5 Å². The smallest absolute Gasteiger partial charge is 0.256 e. The Labute approximate surface area is 196 Å². The van der Waals surface area contributed by atoms with E-state index in [4.69, 9.17) is 0 Å². The number of carbonyl (C=O) groups excluding carboxylic acids is 2. The van der Waals surface area contributed by atoms with Crippen LogP contribution in [0.3, 0.4) is 0 Å². The second kappa shape index (κ2) is 9.22. The molecule has 170 valence electrons. The van der Waals surface area contributed by atoms with E-state index >= 15 is 0 Å². The van der Waals surface area contributed by atoms with E-state index in [2.05, 4.69) is 37.5 Å². The predicted octanol–water partition coefficient (Wildman–Crippen LogP) is 6.35. The molecule has 4 nitrogen and oxygen atoms in total. The Morgan fingerprint density at radius 3 is 2.24 bits per heavy atom. The van der Waals surface area contributed by atoms with E-state index < -0.39 is 0 Å². The van der Waals surface area contributed by atoms with Crippen LogP contribution in [-0.2, 0) is 5.41 Å². The molecule has 1 fully saturated rings. The van der Waals surface area contributed by atoms with E-state index in [-0.39, 0.29) is 17.2 Å². The molecule has 1 aliphatic carbocycles. The summed E-state index contributed by atoms with van der Waals surface area (Å²) in [6.07, 6.45) is 2.31. The number of hydrogen-bond acceptors (Lipinski definition) is 2. The van der Waals surface area contributed by atoms with Gasteiger partial charge in [0.1, 0.15) is 0 Å². The Balaban J connectivity index is 1.70. The lowest BCUT2D eigenvalue weighted by Gasteiger charge is -2.20. The fourth-order valence-electron chi connectivity index (χ4n) is 3.93. The quantitative estimate of drug-likeness (QED) is 0.469. The third kappa shape index (κ3) is 5.51. The molecule has 4 heteroatoms. The Bertz CT molecular complexity index is 1170. The highest BCUT2D eigenvalue weighted by Crippen LogP contribution is 2.30. The normalized spacial score (nSPS) is 13.5. The molecule has 2 amide bonds. The van der Waals surface area contributed by atoms with Gasteiger partial charge >= 0.3 is 0 Å². The number of hydrogen-bond donors (Lipinski definition) is 2. The Hall–Kier alpha value is -3.40. The molecule has 0 saturated heterocycles. The monoisotopic (exact) mass is 440 g/mol. The number of benzene rings is 3. The first-order valence-corrected chi connectivity index (χ1v) is 11.6. The summed E-state index contributed by atoms with van der Waals surface area (Å²) in [4.78, 5) is 26.5. The Morgan fingerprint density at radius 1 is 0.879 bits per heavy atom. The first-order chi connectivity index (χ1) is 15.7. The molecular formula is C29H32N2O2. The van der Waals surface area contributed by atoms with Crippen molar-refractivity contribution in [2.45, 2.75) is 46.0 Å². The van der Waals surface area contributed by atoms with E-state index in [1.807, 2.05) is 67.6 Å². The van der Waals surface area contributed by atoms with Gasteiger partial charge in [0.2, 0.25) is 0 Å². The molecule has 0 radical (unpaired) electrons. The molecule has 0 unspecified atom stereocenters. The maximum atomic E-state index is 13.5. The van der Waals surface area contributed by atoms with Crippen LogP contribution >= 0.6 is 0 Å². The fourth-order valence-corrected chi connectivity index (χ4v) is 3.93. The molecule has 0 heterocycles. The summed E-state index contributed by atoms with van der Waals surface area (Å²) in [5.41, 5.74) is 5.55. The number of amides is 2. The maximum Gasteiger partial charge on any atom is 0.256 e. The molecule has 3 aromatic carbocycles. The summed E-state index contributed by atoms with van der Waals surface area (Å²) >= 11 is 0. The molecule has 4 rings (SSSR count). The van der Waals surface area contributed by atoms with Gasteiger partial charge in [-0.2, -0.15) is 0 Å². The number of rotatable bonds is 6. The summed E-state index contributed by atoms with van der Waals surface area (Å²) in [6.45, 7) is 9.06. The molecule has 0 spiro atoms. The molecule has 3 aromatic rings. The summed E-state index contributed by atoms with van der Waals surface area (Å²) in [7, 11) is 0. The highest BCUT2D eigenvalue weighted by atomic mass is 16.2. The third-order valence-corrected chi connectivity index (χ3v) is 6.17. The summed E-state index contributed by atoms with van der Waals surface area (Å²) in [6, 6.07) is 21.5. The van der Waals surface area contributed by atoms with Crippen LogP contribution in [0.4, 0.5) is 5.69 Å². The van der Waals surface area contributed by atoms with Crippen LogP contribution in [0.25, 0.3) is 11.1 Å². The molecule has 1 aliphatic rings. The van der Waals surface area contributed by atoms with E-state index in [1.165, 1.54) is 0 Å². The van der Waals surface area contributed by atoms with Crippen molar-refractivity contribution in [2.24, 2.45) is 5.92 Å². The van der Waals surface area contributed by atoms with Crippen LogP contribution in [-0.4, -0.2) is 18.4 Å². The maximum absolute atomic E-state index is 13.5. The lowest BCUT2D eigenvalue weighted by molar-refractivity contribution is 0.0938. The minimum Gasteiger partial charge on any atom is -0.352 e. The van der Waals surface area contributed by atoms with Gasteiger partial charge in [-0.05, 0) is 77.6 Å². The number of nitrogens with one attached hydrogen (secondary N) is 2. The Morgan fingerprint density at radius 2 is 1.58 bits per heavy atom. The topological polar surface area (TPSA) is 58.2 Å². The van der Waals surface area contributed by atoms with Gasteiger partial charge in [-0.3, -0.25) is 9.59 Å². The van der Waals surface area contributed by atoms with Crippen molar-refractivity contribution in [3.8, 4) is 11.1 Å². The van der Waals surface area contributed by atoms with Crippen molar-refractivity contribution in [1.82, 2.24) is 5.32 Å². The van der Waals surface area contributed by atoms with E-state index in [0.29, 0.717) is 23.6 Å². The van der Waals surface area contributed by atoms with Crippen LogP contribution in [0.15, 0.2) is 66.7 Å². The summed E-state index contributed by atoms with van der Waals surface area (Å²) < 4.78 is 0. The standard InChI is InChI=1S/C29H32N2O2/c1-19-15-25(27(32)30-18-20-13-14-20)26(17-24(19)21-9-6-5-7-10-21)28(33)31-23-12-8-11-22(16-23)29(2,3)4/h5-12,15-17,20H,13-14,18H2,1-4H3,(H,30,32)(H,31,33). The molecule has 0 aromatic heterocycles. The Kier molecular flexibility index (Phi) is 6.37. The molecule has 0 bridgehead atoms. The SMILES string of the molecule is Cc1cc(C(=O)NCC2CC2)c(C(=O)Nc2cccc(C(C)(C)C)c2)cc1-c1ccccc1. The second-order valence-corrected chi connectivity index (χ2v) is 10.0. The molecule has 0 atom stereocenters. The zero-order chi connectivity index (χ0) is 23.6. The zero-order valence-electron chi connectivity index (χ0n) is 19.9. The molecule has 1 saturated carbocycles. The van der Waals surface area contributed by atoms with E-state index in [1.54, 1.807) is 0 Å². The highest BCUT2D eigenvalue weighted by Gasteiger charge is 2.25. The molecule has 33 heavy (non-hydrogen) atoms. The van der Waals surface area contributed by atoms with Gasteiger partial charge in [-0.1, -0.05) is 63.2 Å². The van der Waals surface area contributed by atoms with Crippen molar-refractivity contribution < 1.29 is 9.59 Å². The summed E-state index contributed by atoms with van der Waals surface area (Å²) in [5.74, 6) is 0.0871. The van der Waals surface area contributed by atoms with Crippen molar-refractivity contribution in [1.29, 1.82) is 0 Å². The minimum absolute atomic E-state index is 0.0288. The van der Waals surface area contributed by atoms with Gasteiger partial charge in [-0.15, -0.1) is 0 Å². The number of carbonyl (C=O) groups is 2. The van der Waals surface area contributed by atoms with Crippen LogP contribution < -0.4 is 10.6 Å². The van der Waals surface area contributed by atoms with Crippen LogP contribution in [0.5, 0.6) is 0 Å². The van der Waals surface area contributed by atoms with Crippen LogP contribution in [0.1, 0.15) is 65.5 Å². The molecule has 0 aliphatic heterocycles. The van der Waals surface area contributed by atoms with Gasteiger partial charge in [-0.25, -0.2) is 0 Å². The second-order valence-electron chi connectivity index (χ2n) is 10.0. The van der Waals surface area contributed by atoms with Gasteiger partial charge in [0.15, 0.2) is 0 Å². The third-order valence-electron chi connectivity index (χ3n) is 6.17. The van der Waals surface area contributed by atoms with Crippen molar-refractivity contribution in [3.63, 3.8) is 0 Å². The molecule has 2 N–H and O–H groups in total. The number of aryl methyl sites for hydroxylation is 1. The van der Waals surface area contributed by atoms with Crippen molar-refractivity contribution in [2.75, 3.05) is 11.9 Å². The lowest BCUT2D eigenvalue weighted by Crippen LogP contribution is -2.28. The van der Waals surface area contributed by atoms with Gasteiger partial charge in [0.05, 0.1) is 11.1 Å². The minimum atomic E-state index is -0.283. The van der Waals surface area contributed by atoms with Crippen molar-refractivity contribution in [3.05, 3.63) is 89.0 Å². The van der Waals surface area contributed by atoms with Crippen LogP contribution in [0.2, 0.25) is 0 Å². The lowest BCUT2D eigenvalue weighted by atomic mass is 9.87. The first-order valence-electron chi connectivity index (χ1n) is 11.6. The fraction of sp³-hybridized carbons (Fsp3) is 0.310. The van der Waals surface area contributed by atoms with E-state index in [0.717, 1.165) is 40.8 Å². The highest BCUT2D eigenvalue weighted by molar-refractivity contribution is 6.13. The van der Waals surface area contributed by atoms with Gasteiger partial charge in [0.25, 0.3) is 11.8 Å². The van der Waals surface area contributed by atoms with Gasteiger partial charge in [0, 0.05) is 12.2 Å². The average Bonchev–Trinajstić information content (AvgIpc) is 3.62. The summed E-state index contributed by atoms with van der Waals surface area (Å²) in [5, 5.41) is 6.04.